The van der Waals surface area contributed by atoms with Crippen LogP contribution in [0.5, 0.6) is 0 Å². The van der Waals surface area contributed by atoms with E-state index in [1.807, 2.05) is 31.2 Å². The fourth-order valence-electron chi connectivity index (χ4n) is 2.80. The molecule has 0 bridgehead atoms. The minimum absolute atomic E-state index is 0.00377. The maximum Gasteiger partial charge on any atom is 0.240 e. The maximum atomic E-state index is 11.9. The summed E-state index contributed by atoms with van der Waals surface area (Å²) >= 11 is 6.01. The Hall–Kier alpha value is -1.35. The highest BCUT2D eigenvalue weighted by Gasteiger charge is 2.04. The van der Waals surface area contributed by atoms with E-state index in [2.05, 4.69) is 17.5 Å². The number of halogens is 1. The molecule has 0 saturated carbocycles. The van der Waals surface area contributed by atoms with Crippen molar-refractivity contribution in [3.05, 3.63) is 34.9 Å². The van der Waals surface area contributed by atoms with Crippen LogP contribution in [0.3, 0.4) is 0 Å². The normalized spacial score (nSPS) is 11.6. The molecular formula is C21H33ClN2O. The molecule has 0 spiro atoms. The number of carbonyl (C=O) groups excluding carboxylic acids is 1. The lowest BCUT2D eigenvalue weighted by atomic mass is 10.1. The first-order valence-electron chi connectivity index (χ1n) is 9.78. The molecule has 1 rings (SSSR count). The molecule has 1 aromatic rings. The average Bonchev–Trinajstić information content (AvgIpc) is 2.61. The van der Waals surface area contributed by atoms with Crippen molar-refractivity contribution < 1.29 is 4.79 Å². The van der Waals surface area contributed by atoms with Gasteiger partial charge in [0, 0.05) is 11.4 Å². The minimum atomic E-state index is -0.00377. The number of hydrazone groups is 1. The van der Waals surface area contributed by atoms with Crippen LogP contribution < -0.4 is 5.43 Å². The Morgan fingerprint density at radius 3 is 2.24 bits per heavy atom. The van der Waals surface area contributed by atoms with Crippen LogP contribution in [0.2, 0.25) is 5.02 Å². The van der Waals surface area contributed by atoms with Gasteiger partial charge < -0.3 is 0 Å². The predicted molar refractivity (Wildman–Crippen MR) is 108 cm³/mol. The van der Waals surface area contributed by atoms with Crippen LogP contribution in [0.1, 0.15) is 90.0 Å². The van der Waals surface area contributed by atoms with E-state index in [9.17, 15) is 4.79 Å². The molecule has 0 aliphatic rings. The summed E-state index contributed by atoms with van der Waals surface area (Å²) in [7, 11) is 0. The van der Waals surface area contributed by atoms with Crippen molar-refractivity contribution in [2.24, 2.45) is 5.10 Å². The summed E-state index contributed by atoms with van der Waals surface area (Å²) in [4.78, 5) is 11.9. The number of rotatable bonds is 13. The Labute approximate surface area is 158 Å². The lowest BCUT2D eigenvalue weighted by Gasteiger charge is -2.06. The third kappa shape index (κ3) is 10.3. The van der Waals surface area contributed by atoms with Gasteiger partial charge in [0.15, 0.2) is 0 Å². The second kappa shape index (κ2) is 13.9. The molecule has 0 radical (unpaired) electrons. The largest absolute Gasteiger partial charge is 0.273 e. The van der Waals surface area contributed by atoms with E-state index in [-0.39, 0.29) is 5.91 Å². The molecule has 1 aromatic carbocycles. The van der Waals surface area contributed by atoms with Gasteiger partial charge in [-0.05, 0) is 30.5 Å². The molecular weight excluding hydrogens is 332 g/mol. The fourth-order valence-corrected chi connectivity index (χ4v) is 2.99. The summed E-state index contributed by atoms with van der Waals surface area (Å²) in [5, 5.41) is 4.95. The average molecular weight is 365 g/mol. The van der Waals surface area contributed by atoms with Crippen molar-refractivity contribution in [3.8, 4) is 0 Å². The van der Waals surface area contributed by atoms with Gasteiger partial charge >= 0.3 is 0 Å². The van der Waals surface area contributed by atoms with E-state index >= 15 is 0 Å². The van der Waals surface area contributed by atoms with Crippen LogP contribution in [-0.2, 0) is 4.79 Å². The second-order valence-corrected chi connectivity index (χ2v) is 6.97. The number of hydrogen-bond acceptors (Lipinski definition) is 2. The standard InChI is InChI=1S/C21H33ClN2O/c1-3-5-6-7-8-9-10-11-12-16-21(25)24-23-20(4-2)18-14-13-15-19(22)17-18/h13-15,17H,3-12,16H2,1-2H3,(H,24,25). The van der Waals surface area contributed by atoms with Crippen LogP contribution in [-0.4, -0.2) is 11.6 Å². The van der Waals surface area contributed by atoms with E-state index in [4.69, 9.17) is 11.6 Å². The van der Waals surface area contributed by atoms with Crippen LogP contribution in [0, 0.1) is 0 Å². The summed E-state index contributed by atoms with van der Waals surface area (Å²) in [6.45, 7) is 4.26. The third-order valence-electron chi connectivity index (χ3n) is 4.32. The van der Waals surface area contributed by atoms with Gasteiger partial charge in [-0.1, -0.05) is 88.9 Å². The zero-order chi connectivity index (χ0) is 18.3. The van der Waals surface area contributed by atoms with Crippen molar-refractivity contribution in [2.45, 2.75) is 84.5 Å². The first-order valence-corrected chi connectivity index (χ1v) is 10.2. The SMILES string of the molecule is CCCCCCCCCCCC(=O)NN=C(CC)c1cccc(Cl)c1. The predicted octanol–water partition coefficient (Wildman–Crippen LogP) is 6.49. The molecule has 0 aliphatic heterocycles. The molecule has 4 heteroatoms. The van der Waals surface area contributed by atoms with Gasteiger partial charge in [-0.15, -0.1) is 0 Å². The summed E-state index contributed by atoms with van der Waals surface area (Å²) < 4.78 is 0. The number of hydrogen-bond donors (Lipinski definition) is 1. The molecule has 3 nitrogen and oxygen atoms in total. The Morgan fingerprint density at radius 1 is 1.00 bits per heavy atom. The van der Waals surface area contributed by atoms with E-state index in [0.29, 0.717) is 11.4 Å². The van der Waals surface area contributed by atoms with Crippen molar-refractivity contribution >= 4 is 23.2 Å². The first-order chi connectivity index (χ1) is 12.2. The first kappa shape index (κ1) is 21.7. The summed E-state index contributed by atoms with van der Waals surface area (Å²) in [5.74, 6) is -0.00377. The summed E-state index contributed by atoms with van der Waals surface area (Å²) in [6, 6.07) is 7.56. The lowest BCUT2D eigenvalue weighted by molar-refractivity contribution is -0.121. The minimum Gasteiger partial charge on any atom is -0.273 e. The molecule has 1 N–H and O–H groups in total. The van der Waals surface area contributed by atoms with Gasteiger partial charge in [0.1, 0.15) is 0 Å². The Morgan fingerprint density at radius 2 is 1.64 bits per heavy atom. The Bertz CT molecular complexity index is 528. The molecule has 140 valence electrons. The van der Waals surface area contributed by atoms with Crippen LogP contribution >= 0.6 is 11.6 Å². The van der Waals surface area contributed by atoms with Gasteiger partial charge in [0.2, 0.25) is 5.91 Å². The molecule has 0 aromatic heterocycles. The van der Waals surface area contributed by atoms with E-state index < -0.39 is 0 Å². The number of unbranched alkanes of at least 4 members (excludes halogenated alkanes) is 8. The number of amides is 1. The fraction of sp³-hybridized carbons (Fsp3) is 0.619. The molecule has 0 heterocycles. The van der Waals surface area contributed by atoms with Crippen LogP contribution in [0.25, 0.3) is 0 Å². The summed E-state index contributed by atoms with van der Waals surface area (Å²) in [6.07, 6.45) is 12.6. The number of carbonyl (C=O) groups is 1. The molecule has 0 saturated heterocycles. The molecule has 0 fully saturated rings. The Kier molecular flexibility index (Phi) is 12.0. The molecule has 0 unspecified atom stereocenters. The van der Waals surface area contributed by atoms with Gasteiger partial charge in [-0.2, -0.15) is 5.10 Å². The highest BCUT2D eigenvalue weighted by atomic mass is 35.5. The third-order valence-corrected chi connectivity index (χ3v) is 4.55. The quantitative estimate of drug-likeness (QED) is 0.242. The highest BCUT2D eigenvalue weighted by molar-refractivity contribution is 6.31. The summed E-state index contributed by atoms with van der Waals surface area (Å²) in [5.41, 5.74) is 4.49. The molecule has 25 heavy (non-hydrogen) atoms. The van der Waals surface area contributed by atoms with Crippen molar-refractivity contribution in [2.75, 3.05) is 0 Å². The smallest absolute Gasteiger partial charge is 0.240 e. The number of benzene rings is 1. The molecule has 1 amide bonds. The topological polar surface area (TPSA) is 41.5 Å². The van der Waals surface area contributed by atoms with Crippen LogP contribution in [0.15, 0.2) is 29.4 Å². The number of nitrogens with zero attached hydrogens (tertiary/aromatic N) is 1. The van der Waals surface area contributed by atoms with Crippen molar-refractivity contribution in [1.82, 2.24) is 5.43 Å². The molecule has 0 aliphatic carbocycles. The van der Waals surface area contributed by atoms with Crippen LogP contribution in [0.4, 0.5) is 0 Å². The van der Waals surface area contributed by atoms with Gasteiger partial charge in [-0.3, -0.25) is 4.79 Å². The van der Waals surface area contributed by atoms with Crippen molar-refractivity contribution in [3.63, 3.8) is 0 Å². The Balaban J connectivity index is 2.19. The lowest BCUT2D eigenvalue weighted by Crippen LogP contribution is -2.19. The van der Waals surface area contributed by atoms with E-state index in [1.54, 1.807) is 0 Å². The van der Waals surface area contributed by atoms with E-state index in [0.717, 1.165) is 30.5 Å². The zero-order valence-electron chi connectivity index (χ0n) is 15.8. The molecule has 0 atom stereocenters. The number of nitrogens with one attached hydrogen (secondary N) is 1. The van der Waals surface area contributed by atoms with Gasteiger partial charge in [0.05, 0.1) is 5.71 Å². The zero-order valence-corrected chi connectivity index (χ0v) is 16.6. The van der Waals surface area contributed by atoms with Gasteiger partial charge in [-0.25, -0.2) is 5.43 Å². The maximum absolute atomic E-state index is 11.9. The monoisotopic (exact) mass is 364 g/mol. The van der Waals surface area contributed by atoms with Crippen molar-refractivity contribution in [1.29, 1.82) is 0 Å². The van der Waals surface area contributed by atoms with Gasteiger partial charge in [0.25, 0.3) is 0 Å². The van der Waals surface area contributed by atoms with E-state index in [1.165, 1.54) is 44.9 Å². The highest BCUT2D eigenvalue weighted by Crippen LogP contribution is 2.13. The second-order valence-electron chi connectivity index (χ2n) is 6.54.